The van der Waals surface area contributed by atoms with Crippen LogP contribution in [-0.2, 0) is 19.1 Å². The highest BCUT2D eigenvalue weighted by atomic mass is 79.9. The molecule has 0 spiro atoms. The van der Waals surface area contributed by atoms with Gasteiger partial charge in [0.2, 0.25) is 18.2 Å². The topological polar surface area (TPSA) is 126 Å². The molecule has 0 saturated heterocycles. The van der Waals surface area contributed by atoms with Crippen molar-refractivity contribution in [1.29, 1.82) is 0 Å². The van der Waals surface area contributed by atoms with E-state index in [4.69, 9.17) is 4.74 Å². The zero-order chi connectivity index (χ0) is 29.1. The number of anilines is 2. The van der Waals surface area contributed by atoms with E-state index in [1.165, 1.54) is 32.1 Å². The number of alkyl halides is 1. The standard InChI is InChI=1S/C27H42N4O5.C2H5Br/c1-27(2,3)36-26(35)28-17-8-7-14-23(31-24(33)16-15-20-10-5-4-6-11-20)25(34)30-22-13-9-12-21(18-22)29-19-32;1-2-3/h9,12-13,18-20,23H,4-8,10-11,14-17H2,1-3H3,(H,28,35)(H,29,32)(H,30,34)(H,31,33);2H2,1H3. The summed E-state index contributed by atoms with van der Waals surface area (Å²) < 4.78 is 5.23. The number of ether oxygens (including phenoxy) is 1. The SMILES string of the molecule is CC(C)(C)OC(=O)NCCCCC(NC(=O)CCC1CCCCC1)C(=O)Nc1cccc(NC=O)c1.CCBr. The molecule has 1 atom stereocenters. The number of hydrogen-bond acceptors (Lipinski definition) is 5. The third-order valence-corrected chi connectivity index (χ3v) is 6.10. The summed E-state index contributed by atoms with van der Waals surface area (Å²) in [5.74, 6) is 0.150. The molecule has 1 aliphatic rings. The van der Waals surface area contributed by atoms with Gasteiger partial charge in [0.25, 0.3) is 0 Å². The van der Waals surface area contributed by atoms with Crippen LogP contribution in [0.4, 0.5) is 16.2 Å². The van der Waals surface area contributed by atoms with E-state index < -0.39 is 17.7 Å². The second-order valence-electron chi connectivity index (χ2n) is 10.7. The third-order valence-electron chi connectivity index (χ3n) is 6.10. The van der Waals surface area contributed by atoms with Crippen LogP contribution in [0.3, 0.4) is 0 Å². The van der Waals surface area contributed by atoms with Crippen LogP contribution in [0.5, 0.6) is 0 Å². The molecule has 0 bridgehead atoms. The van der Waals surface area contributed by atoms with Crippen LogP contribution in [-0.4, -0.2) is 47.8 Å². The Bertz CT molecular complexity index is 885. The molecule has 1 aromatic carbocycles. The van der Waals surface area contributed by atoms with Crippen molar-refractivity contribution >= 4 is 51.6 Å². The van der Waals surface area contributed by atoms with Gasteiger partial charge in [0.15, 0.2) is 0 Å². The normalized spacial score (nSPS) is 14.2. The Morgan fingerprint density at radius 1 is 1.10 bits per heavy atom. The van der Waals surface area contributed by atoms with Gasteiger partial charge in [-0.3, -0.25) is 14.4 Å². The van der Waals surface area contributed by atoms with Crippen molar-refractivity contribution in [3.8, 4) is 0 Å². The molecule has 2 rings (SSSR count). The van der Waals surface area contributed by atoms with Crippen LogP contribution in [0.1, 0.15) is 91.9 Å². The molecule has 10 heteroatoms. The number of carbonyl (C=O) groups excluding carboxylic acids is 4. The minimum Gasteiger partial charge on any atom is -0.444 e. The van der Waals surface area contributed by atoms with Gasteiger partial charge in [-0.25, -0.2) is 4.79 Å². The lowest BCUT2D eigenvalue weighted by Gasteiger charge is -2.22. The lowest BCUT2D eigenvalue weighted by Crippen LogP contribution is -2.44. The van der Waals surface area contributed by atoms with Crippen LogP contribution in [0.2, 0.25) is 0 Å². The Morgan fingerprint density at radius 2 is 1.77 bits per heavy atom. The first kappa shape index (κ1) is 34.4. The Hall–Kier alpha value is -2.62. The first-order chi connectivity index (χ1) is 18.6. The second kappa shape index (κ2) is 19.4. The van der Waals surface area contributed by atoms with Gasteiger partial charge < -0.3 is 26.0 Å². The number of carbonyl (C=O) groups is 4. The number of hydrogen-bond donors (Lipinski definition) is 4. The maximum absolute atomic E-state index is 13.0. The van der Waals surface area contributed by atoms with Crippen LogP contribution < -0.4 is 21.3 Å². The quantitative estimate of drug-likeness (QED) is 0.121. The van der Waals surface area contributed by atoms with Gasteiger partial charge in [0.05, 0.1) is 0 Å². The molecule has 1 aliphatic carbocycles. The predicted molar refractivity (Wildman–Crippen MR) is 160 cm³/mol. The minimum absolute atomic E-state index is 0.121. The van der Waals surface area contributed by atoms with Gasteiger partial charge in [-0.15, -0.1) is 0 Å². The summed E-state index contributed by atoms with van der Waals surface area (Å²) in [7, 11) is 0. The number of unbranched alkanes of at least 4 members (excludes halogenated alkanes) is 1. The summed E-state index contributed by atoms with van der Waals surface area (Å²) in [6.45, 7) is 7.87. The number of halogens is 1. The molecule has 4 N–H and O–H groups in total. The molecule has 1 saturated carbocycles. The van der Waals surface area contributed by atoms with Gasteiger partial charge in [0, 0.05) is 29.7 Å². The average molecular weight is 612 g/mol. The Labute approximate surface area is 242 Å². The van der Waals surface area contributed by atoms with Gasteiger partial charge in [-0.05, 0) is 70.6 Å². The largest absolute Gasteiger partial charge is 0.444 e. The maximum Gasteiger partial charge on any atom is 0.407 e. The molecule has 9 nitrogen and oxygen atoms in total. The summed E-state index contributed by atoms with van der Waals surface area (Å²) in [5, 5.41) is 12.1. The van der Waals surface area contributed by atoms with Crippen LogP contribution in [0.25, 0.3) is 0 Å². The third kappa shape index (κ3) is 16.8. The summed E-state index contributed by atoms with van der Waals surface area (Å²) in [5.41, 5.74) is 0.525. The summed E-state index contributed by atoms with van der Waals surface area (Å²) in [4.78, 5) is 48.3. The molecule has 1 aromatic rings. The summed E-state index contributed by atoms with van der Waals surface area (Å²) in [6, 6.07) is 6.11. The number of alkyl carbamates (subject to hydrolysis) is 1. The molecule has 0 heterocycles. The molecule has 1 fully saturated rings. The molecule has 0 aliphatic heterocycles. The van der Waals surface area contributed by atoms with Crippen molar-refractivity contribution in [2.24, 2.45) is 5.92 Å². The Balaban J connectivity index is 0.00000242. The molecule has 4 amide bonds. The lowest BCUT2D eigenvalue weighted by molar-refractivity contribution is -0.126. The Kier molecular flexibility index (Phi) is 17.2. The molecule has 220 valence electrons. The highest BCUT2D eigenvalue weighted by Crippen LogP contribution is 2.27. The minimum atomic E-state index is -0.701. The van der Waals surface area contributed by atoms with E-state index in [2.05, 4.69) is 37.2 Å². The highest BCUT2D eigenvalue weighted by molar-refractivity contribution is 9.09. The fraction of sp³-hybridized carbons (Fsp3) is 0.655. The first-order valence-electron chi connectivity index (χ1n) is 14.0. The fourth-order valence-electron chi connectivity index (χ4n) is 4.31. The van der Waals surface area contributed by atoms with E-state index >= 15 is 0 Å². The van der Waals surface area contributed by atoms with Crippen molar-refractivity contribution in [3.05, 3.63) is 24.3 Å². The van der Waals surface area contributed by atoms with Crippen molar-refractivity contribution in [2.45, 2.75) is 104 Å². The molecular formula is C29H47BrN4O5. The first-order valence-corrected chi connectivity index (χ1v) is 15.1. The van der Waals surface area contributed by atoms with E-state index in [-0.39, 0.29) is 11.8 Å². The highest BCUT2D eigenvalue weighted by Gasteiger charge is 2.22. The van der Waals surface area contributed by atoms with Crippen LogP contribution in [0.15, 0.2) is 24.3 Å². The van der Waals surface area contributed by atoms with Crippen molar-refractivity contribution in [3.63, 3.8) is 0 Å². The van der Waals surface area contributed by atoms with Gasteiger partial charge in [-0.1, -0.05) is 61.0 Å². The number of nitrogens with one attached hydrogen (secondary N) is 4. The van der Waals surface area contributed by atoms with Gasteiger partial charge in [-0.2, -0.15) is 0 Å². The molecule has 0 aromatic heterocycles. The fourth-order valence-corrected chi connectivity index (χ4v) is 4.31. The zero-order valence-electron chi connectivity index (χ0n) is 23.9. The van der Waals surface area contributed by atoms with Crippen molar-refractivity contribution in [1.82, 2.24) is 10.6 Å². The Morgan fingerprint density at radius 3 is 2.41 bits per heavy atom. The van der Waals surface area contributed by atoms with Gasteiger partial charge in [0.1, 0.15) is 11.6 Å². The van der Waals surface area contributed by atoms with E-state index in [9.17, 15) is 19.2 Å². The monoisotopic (exact) mass is 610 g/mol. The molecule has 0 radical (unpaired) electrons. The van der Waals surface area contributed by atoms with E-state index in [1.807, 2.05) is 6.92 Å². The van der Waals surface area contributed by atoms with Crippen molar-refractivity contribution < 1.29 is 23.9 Å². The molecule has 39 heavy (non-hydrogen) atoms. The van der Waals surface area contributed by atoms with Crippen LogP contribution in [0, 0.1) is 5.92 Å². The molecule has 1 unspecified atom stereocenters. The van der Waals surface area contributed by atoms with Crippen molar-refractivity contribution in [2.75, 3.05) is 22.5 Å². The number of amides is 4. The van der Waals surface area contributed by atoms with Crippen LogP contribution >= 0.6 is 15.9 Å². The number of benzene rings is 1. The average Bonchev–Trinajstić information content (AvgIpc) is 2.87. The lowest BCUT2D eigenvalue weighted by atomic mass is 9.86. The second-order valence-corrected chi connectivity index (χ2v) is 11.8. The predicted octanol–water partition coefficient (Wildman–Crippen LogP) is 6.13. The smallest absolute Gasteiger partial charge is 0.407 e. The maximum atomic E-state index is 13.0. The molecular weight excluding hydrogens is 564 g/mol. The summed E-state index contributed by atoms with van der Waals surface area (Å²) in [6.07, 6.45) is 9.13. The van der Waals surface area contributed by atoms with E-state index in [0.717, 1.165) is 11.8 Å². The van der Waals surface area contributed by atoms with E-state index in [1.54, 1.807) is 45.0 Å². The van der Waals surface area contributed by atoms with E-state index in [0.29, 0.717) is 55.9 Å². The zero-order valence-corrected chi connectivity index (χ0v) is 25.5. The van der Waals surface area contributed by atoms with Gasteiger partial charge >= 0.3 is 6.09 Å². The number of rotatable bonds is 13. The summed E-state index contributed by atoms with van der Waals surface area (Å²) >= 11 is 3.15.